The van der Waals surface area contributed by atoms with Gasteiger partial charge in [-0.1, -0.05) is 44.2 Å². The van der Waals surface area contributed by atoms with Gasteiger partial charge in [-0.2, -0.15) is 0 Å². The normalized spacial score (nSPS) is 11.2. The van der Waals surface area contributed by atoms with E-state index in [1.54, 1.807) is 13.8 Å². The summed E-state index contributed by atoms with van der Waals surface area (Å²) in [4.78, 5) is 10.6. The summed E-state index contributed by atoms with van der Waals surface area (Å²) in [7, 11) is 0. The van der Waals surface area contributed by atoms with Crippen LogP contribution in [0.2, 0.25) is 0 Å². The van der Waals surface area contributed by atoms with E-state index in [0.29, 0.717) is 6.42 Å². The molecule has 2 nitrogen and oxygen atoms in total. The first-order valence-corrected chi connectivity index (χ1v) is 6.78. The third kappa shape index (κ3) is 8.38. The minimum atomic E-state index is -0.373. The third-order valence-corrected chi connectivity index (χ3v) is 2.67. The van der Waals surface area contributed by atoms with Gasteiger partial charge in [-0.25, -0.2) is 4.39 Å². The van der Waals surface area contributed by atoms with Crippen LogP contribution in [0.15, 0.2) is 48.3 Å². The number of carbonyl (C=O) groups is 1. The maximum atomic E-state index is 12.3. The van der Waals surface area contributed by atoms with Gasteiger partial charge >= 0.3 is 0 Å². The molecule has 1 aromatic rings. The number of benzene rings is 1. The molecule has 1 aromatic carbocycles. The van der Waals surface area contributed by atoms with Crippen molar-refractivity contribution in [2.75, 3.05) is 0 Å². The fourth-order valence-corrected chi connectivity index (χ4v) is 1.27. The van der Waals surface area contributed by atoms with Gasteiger partial charge in [-0.05, 0) is 36.6 Å². The molecule has 0 aromatic heterocycles. The summed E-state index contributed by atoms with van der Waals surface area (Å²) in [6.07, 6.45) is 5.21. The van der Waals surface area contributed by atoms with Gasteiger partial charge in [0.05, 0.1) is 6.61 Å². The smallest absolute Gasteiger partial charge is 0.155 e. The Bertz CT molecular complexity index is 422. The van der Waals surface area contributed by atoms with E-state index in [2.05, 4.69) is 6.92 Å². The topological polar surface area (TPSA) is 37.3 Å². The molecule has 0 amide bonds. The Morgan fingerprint density at radius 2 is 1.70 bits per heavy atom. The maximum absolute atomic E-state index is 12.3. The van der Waals surface area contributed by atoms with Crippen LogP contribution in [0.5, 0.6) is 0 Å². The highest BCUT2D eigenvalue weighted by Gasteiger charge is 1.90. The van der Waals surface area contributed by atoms with Gasteiger partial charge in [-0.15, -0.1) is 0 Å². The molecule has 0 aliphatic rings. The number of halogens is 1. The van der Waals surface area contributed by atoms with Crippen molar-refractivity contribution in [1.29, 1.82) is 0 Å². The molecule has 110 valence electrons. The predicted molar refractivity (Wildman–Crippen MR) is 81.0 cm³/mol. The molecule has 1 N–H and O–H groups in total. The molecular weight excluding hydrogens is 255 g/mol. The summed E-state index contributed by atoms with van der Waals surface area (Å²) in [6, 6.07) is 8.01. The first kappa shape index (κ1) is 18.3. The largest absolute Gasteiger partial charge is 0.392 e. The summed E-state index contributed by atoms with van der Waals surface area (Å²) < 4.78 is 12.3. The van der Waals surface area contributed by atoms with Crippen LogP contribution in [0.4, 0.5) is 4.39 Å². The standard InChI is InChI=1S/C9H12O.C8H11FO/c1-2-8-3-5-9(7-10)6-4-8;1-3-7(9)5-6-8(10)4-2/h3-6,10H,2,7H2,1H3;3,5-6H,4H2,1-2H3/b;6-5-,7-3+. The van der Waals surface area contributed by atoms with Crippen molar-refractivity contribution < 1.29 is 14.3 Å². The van der Waals surface area contributed by atoms with Gasteiger partial charge in [0.15, 0.2) is 5.78 Å². The van der Waals surface area contributed by atoms with Crippen molar-refractivity contribution in [3.63, 3.8) is 0 Å². The van der Waals surface area contributed by atoms with Crippen molar-refractivity contribution >= 4 is 5.78 Å². The molecule has 0 bridgehead atoms. The van der Waals surface area contributed by atoms with E-state index >= 15 is 0 Å². The Hall–Kier alpha value is -1.74. The van der Waals surface area contributed by atoms with Gasteiger partial charge in [0.2, 0.25) is 0 Å². The summed E-state index contributed by atoms with van der Waals surface area (Å²) in [5, 5.41) is 8.70. The Kier molecular flexibility index (Phi) is 10.2. The average Bonchev–Trinajstić information content (AvgIpc) is 2.52. The second kappa shape index (κ2) is 11.1. The first-order valence-electron chi connectivity index (χ1n) is 6.78. The lowest BCUT2D eigenvalue weighted by atomic mass is 10.1. The van der Waals surface area contributed by atoms with Crippen LogP contribution in [0, 0.1) is 0 Å². The lowest BCUT2D eigenvalue weighted by molar-refractivity contribution is -0.114. The molecule has 3 heteroatoms. The van der Waals surface area contributed by atoms with Gasteiger partial charge < -0.3 is 5.11 Å². The van der Waals surface area contributed by atoms with Crippen molar-refractivity contribution in [3.8, 4) is 0 Å². The van der Waals surface area contributed by atoms with Gasteiger partial charge in [0, 0.05) is 6.42 Å². The molecule has 0 radical (unpaired) electrons. The molecule has 0 unspecified atom stereocenters. The van der Waals surface area contributed by atoms with Crippen LogP contribution in [-0.4, -0.2) is 10.9 Å². The molecule has 0 heterocycles. The molecule has 0 fully saturated rings. The minimum Gasteiger partial charge on any atom is -0.392 e. The quantitative estimate of drug-likeness (QED) is 0.649. The number of aliphatic hydroxyl groups is 1. The zero-order valence-electron chi connectivity index (χ0n) is 12.4. The fraction of sp³-hybridized carbons (Fsp3) is 0.353. The predicted octanol–water partition coefficient (Wildman–Crippen LogP) is 4.14. The van der Waals surface area contributed by atoms with Crippen molar-refractivity contribution in [2.45, 2.75) is 40.2 Å². The highest BCUT2D eigenvalue weighted by atomic mass is 19.1. The Labute approximate surface area is 120 Å². The zero-order valence-corrected chi connectivity index (χ0v) is 12.4. The highest BCUT2D eigenvalue weighted by Crippen LogP contribution is 2.04. The van der Waals surface area contributed by atoms with Gasteiger partial charge in [0.25, 0.3) is 0 Å². The summed E-state index contributed by atoms with van der Waals surface area (Å²) in [5.41, 5.74) is 2.30. The molecular formula is C17H23FO2. The van der Waals surface area contributed by atoms with E-state index in [1.165, 1.54) is 23.8 Å². The van der Waals surface area contributed by atoms with Gasteiger partial charge in [0.1, 0.15) is 5.83 Å². The van der Waals surface area contributed by atoms with Crippen LogP contribution in [0.25, 0.3) is 0 Å². The third-order valence-electron chi connectivity index (χ3n) is 2.67. The Morgan fingerprint density at radius 3 is 2.10 bits per heavy atom. The molecule has 0 atom stereocenters. The monoisotopic (exact) mass is 278 g/mol. The van der Waals surface area contributed by atoms with Crippen molar-refractivity contribution in [1.82, 2.24) is 0 Å². The maximum Gasteiger partial charge on any atom is 0.155 e. The van der Waals surface area contributed by atoms with E-state index in [4.69, 9.17) is 5.11 Å². The minimum absolute atomic E-state index is 0.0583. The number of aryl methyl sites for hydroxylation is 1. The molecule has 1 rings (SSSR count). The number of hydrogen-bond donors (Lipinski definition) is 1. The summed E-state index contributed by atoms with van der Waals surface area (Å²) in [6.45, 7) is 5.58. The summed E-state index contributed by atoms with van der Waals surface area (Å²) >= 11 is 0. The number of aliphatic hydroxyl groups excluding tert-OH is 1. The van der Waals surface area contributed by atoms with Crippen LogP contribution in [-0.2, 0) is 17.8 Å². The summed E-state index contributed by atoms with van der Waals surface area (Å²) in [5.74, 6) is -0.432. The molecule has 0 spiro atoms. The first-order chi connectivity index (χ1) is 9.57. The Morgan fingerprint density at radius 1 is 1.15 bits per heavy atom. The lowest BCUT2D eigenvalue weighted by Crippen LogP contribution is -1.86. The lowest BCUT2D eigenvalue weighted by Gasteiger charge is -1.97. The van der Waals surface area contributed by atoms with E-state index < -0.39 is 0 Å². The van der Waals surface area contributed by atoms with Crippen LogP contribution < -0.4 is 0 Å². The number of allylic oxidation sites excluding steroid dienone is 4. The number of carbonyl (C=O) groups excluding carboxylic acids is 1. The van der Waals surface area contributed by atoms with Crippen LogP contribution in [0.3, 0.4) is 0 Å². The fourth-order valence-electron chi connectivity index (χ4n) is 1.27. The van der Waals surface area contributed by atoms with E-state index in [1.807, 2.05) is 24.3 Å². The zero-order chi connectivity index (χ0) is 15.4. The molecule has 0 aliphatic heterocycles. The van der Waals surface area contributed by atoms with Crippen LogP contribution >= 0.6 is 0 Å². The number of rotatable bonds is 5. The molecule has 0 saturated carbocycles. The SMILES string of the molecule is C/C=C(F)\C=C/C(=O)CC.CCc1ccc(CO)cc1. The molecule has 0 saturated heterocycles. The second-order valence-electron chi connectivity index (χ2n) is 4.15. The van der Waals surface area contributed by atoms with Crippen molar-refractivity contribution in [3.05, 3.63) is 59.4 Å². The average molecular weight is 278 g/mol. The van der Waals surface area contributed by atoms with E-state index in [-0.39, 0.29) is 18.2 Å². The molecule has 20 heavy (non-hydrogen) atoms. The van der Waals surface area contributed by atoms with E-state index in [0.717, 1.165) is 12.0 Å². The number of hydrogen-bond acceptors (Lipinski definition) is 2. The van der Waals surface area contributed by atoms with Crippen LogP contribution in [0.1, 0.15) is 38.3 Å². The van der Waals surface area contributed by atoms with Crippen molar-refractivity contribution in [2.24, 2.45) is 0 Å². The number of ketones is 1. The Balaban J connectivity index is 0.000000361. The van der Waals surface area contributed by atoms with E-state index in [9.17, 15) is 9.18 Å². The highest BCUT2D eigenvalue weighted by molar-refractivity contribution is 5.89. The molecule has 0 aliphatic carbocycles. The van der Waals surface area contributed by atoms with Gasteiger partial charge in [-0.3, -0.25) is 4.79 Å². The second-order valence-corrected chi connectivity index (χ2v) is 4.15.